The summed E-state index contributed by atoms with van der Waals surface area (Å²) in [6.07, 6.45) is 3.85. The molecule has 3 nitrogen and oxygen atoms in total. The third kappa shape index (κ3) is 2.77. The molecule has 1 heterocycles. The SMILES string of the molecule is COC1CCC(n2c(CCCl)nc3cc(Cl)c(F)cc32)C1. The zero-order valence-electron chi connectivity index (χ0n) is 11.8. The highest BCUT2D eigenvalue weighted by atomic mass is 35.5. The van der Waals surface area contributed by atoms with Crippen LogP contribution >= 0.6 is 23.2 Å². The van der Waals surface area contributed by atoms with Gasteiger partial charge in [0.1, 0.15) is 11.6 Å². The molecule has 6 heteroatoms. The average molecular weight is 331 g/mol. The molecule has 2 unspecified atom stereocenters. The van der Waals surface area contributed by atoms with Gasteiger partial charge in [0.15, 0.2) is 0 Å². The van der Waals surface area contributed by atoms with Crippen molar-refractivity contribution in [3.8, 4) is 0 Å². The number of aryl methyl sites for hydroxylation is 1. The van der Waals surface area contributed by atoms with E-state index in [2.05, 4.69) is 9.55 Å². The van der Waals surface area contributed by atoms with Gasteiger partial charge in [-0.05, 0) is 25.3 Å². The lowest BCUT2D eigenvalue weighted by Gasteiger charge is -2.17. The maximum Gasteiger partial charge on any atom is 0.144 e. The van der Waals surface area contributed by atoms with Gasteiger partial charge in [0.05, 0.1) is 22.2 Å². The lowest BCUT2D eigenvalue weighted by molar-refractivity contribution is 0.106. The Morgan fingerprint density at radius 2 is 2.24 bits per heavy atom. The van der Waals surface area contributed by atoms with Crippen LogP contribution in [0.15, 0.2) is 12.1 Å². The number of alkyl halides is 1. The van der Waals surface area contributed by atoms with Crippen LogP contribution in [0.4, 0.5) is 4.39 Å². The first kappa shape index (κ1) is 15.1. The molecule has 0 amide bonds. The molecule has 0 bridgehead atoms. The van der Waals surface area contributed by atoms with E-state index < -0.39 is 5.82 Å². The summed E-state index contributed by atoms with van der Waals surface area (Å²) in [5, 5.41) is 0.103. The lowest BCUT2D eigenvalue weighted by atomic mass is 10.2. The van der Waals surface area contributed by atoms with Crippen molar-refractivity contribution in [3.05, 3.63) is 28.8 Å². The topological polar surface area (TPSA) is 27.1 Å². The second kappa shape index (κ2) is 6.11. The predicted octanol–water partition coefficient (Wildman–Crippen LogP) is 4.35. The lowest BCUT2D eigenvalue weighted by Crippen LogP contribution is -2.12. The van der Waals surface area contributed by atoms with Crippen molar-refractivity contribution < 1.29 is 9.13 Å². The molecular formula is C15H17Cl2FN2O. The summed E-state index contributed by atoms with van der Waals surface area (Å²) in [4.78, 5) is 4.59. The Morgan fingerprint density at radius 1 is 1.43 bits per heavy atom. The summed E-state index contributed by atoms with van der Waals surface area (Å²) in [5.41, 5.74) is 1.51. The van der Waals surface area contributed by atoms with Crippen molar-refractivity contribution in [1.82, 2.24) is 9.55 Å². The Hall–Kier alpha value is -0.840. The molecule has 1 saturated carbocycles. The molecule has 0 saturated heterocycles. The Morgan fingerprint density at radius 3 is 2.90 bits per heavy atom. The van der Waals surface area contributed by atoms with E-state index in [1.165, 1.54) is 6.07 Å². The van der Waals surface area contributed by atoms with Crippen LogP contribution < -0.4 is 0 Å². The second-order valence-electron chi connectivity index (χ2n) is 5.42. The fourth-order valence-electron chi connectivity index (χ4n) is 3.17. The fraction of sp³-hybridized carbons (Fsp3) is 0.533. The number of hydrogen-bond donors (Lipinski definition) is 0. The predicted molar refractivity (Wildman–Crippen MR) is 82.8 cm³/mol. The Bertz CT molecular complexity index is 659. The number of imidazole rings is 1. The van der Waals surface area contributed by atoms with E-state index in [9.17, 15) is 4.39 Å². The molecule has 0 aliphatic heterocycles. The van der Waals surface area contributed by atoms with Crippen LogP contribution in [0.1, 0.15) is 31.1 Å². The smallest absolute Gasteiger partial charge is 0.144 e. The largest absolute Gasteiger partial charge is 0.381 e. The van der Waals surface area contributed by atoms with E-state index >= 15 is 0 Å². The maximum atomic E-state index is 13.8. The third-order valence-electron chi connectivity index (χ3n) is 4.18. The maximum absolute atomic E-state index is 13.8. The summed E-state index contributed by atoms with van der Waals surface area (Å²) < 4.78 is 21.4. The van der Waals surface area contributed by atoms with Crippen LogP contribution in [0.2, 0.25) is 5.02 Å². The molecule has 3 rings (SSSR count). The molecule has 0 N–H and O–H groups in total. The van der Waals surface area contributed by atoms with Crippen LogP contribution in [0, 0.1) is 5.82 Å². The first-order valence-electron chi connectivity index (χ1n) is 7.08. The van der Waals surface area contributed by atoms with Crippen LogP contribution in [0.5, 0.6) is 0 Å². The summed E-state index contributed by atoms with van der Waals surface area (Å²) in [6.45, 7) is 0. The normalized spacial score (nSPS) is 22.3. The highest BCUT2D eigenvalue weighted by Crippen LogP contribution is 2.36. The molecule has 114 valence electrons. The zero-order valence-corrected chi connectivity index (χ0v) is 13.3. The molecule has 1 aromatic heterocycles. The fourth-order valence-corrected chi connectivity index (χ4v) is 3.50. The standard InChI is InChI=1S/C15H17Cl2FN2O/c1-21-10-3-2-9(6-10)20-14-8-12(18)11(17)7-13(14)19-15(20)4-5-16/h7-10H,2-6H2,1H3. The second-order valence-corrected chi connectivity index (χ2v) is 6.20. The number of fused-ring (bicyclic) bond motifs is 1. The number of ether oxygens (including phenoxy) is 1. The Labute approximate surface area is 133 Å². The van der Waals surface area contributed by atoms with Gasteiger partial charge in [-0.15, -0.1) is 11.6 Å². The highest BCUT2D eigenvalue weighted by molar-refractivity contribution is 6.31. The number of halogens is 3. The average Bonchev–Trinajstić information content (AvgIpc) is 3.04. The van der Waals surface area contributed by atoms with Gasteiger partial charge in [0.25, 0.3) is 0 Å². The minimum atomic E-state index is -0.413. The number of nitrogens with zero attached hydrogens (tertiary/aromatic N) is 2. The van der Waals surface area contributed by atoms with Crippen LogP contribution in [0.3, 0.4) is 0 Å². The van der Waals surface area contributed by atoms with E-state index in [-0.39, 0.29) is 17.2 Å². The summed E-state index contributed by atoms with van der Waals surface area (Å²) in [5.74, 6) is 0.965. The van der Waals surface area contributed by atoms with Crippen LogP contribution in [0.25, 0.3) is 11.0 Å². The summed E-state index contributed by atoms with van der Waals surface area (Å²) >= 11 is 11.7. The van der Waals surface area contributed by atoms with Gasteiger partial charge in [-0.3, -0.25) is 0 Å². The molecule has 2 atom stereocenters. The highest BCUT2D eigenvalue weighted by Gasteiger charge is 2.29. The summed E-state index contributed by atoms with van der Waals surface area (Å²) in [7, 11) is 1.73. The molecule has 0 spiro atoms. The number of benzene rings is 1. The van der Waals surface area contributed by atoms with E-state index in [4.69, 9.17) is 27.9 Å². The third-order valence-corrected chi connectivity index (χ3v) is 4.66. The molecule has 1 aliphatic rings. The first-order valence-corrected chi connectivity index (χ1v) is 8.00. The Balaban J connectivity index is 2.09. The van der Waals surface area contributed by atoms with Crippen molar-refractivity contribution in [2.45, 2.75) is 37.8 Å². The molecular weight excluding hydrogens is 314 g/mol. The van der Waals surface area contributed by atoms with Crippen molar-refractivity contribution in [3.63, 3.8) is 0 Å². The molecule has 21 heavy (non-hydrogen) atoms. The number of methoxy groups -OCH3 is 1. The van der Waals surface area contributed by atoms with E-state index in [1.54, 1.807) is 13.2 Å². The zero-order chi connectivity index (χ0) is 15.0. The minimum absolute atomic E-state index is 0.103. The Kier molecular flexibility index (Phi) is 4.38. The van der Waals surface area contributed by atoms with Gasteiger partial charge >= 0.3 is 0 Å². The van der Waals surface area contributed by atoms with E-state index in [0.29, 0.717) is 12.3 Å². The van der Waals surface area contributed by atoms with Gasteiger partial charge < -0.3 is 9.30 Å². The first-order chi connectivity index (χ1) is 10.1. The summed E-state index contributed by atoms with van der Waals surface area (Å²) in [6, 6.07) is 3.34. The minimum Gasteiger partial charge on any atom is -0.381 e. The van der Waals surface area contributed by atoms with E-state index in [0.717, 1.165) is 36.1 Å². The monoisotopic (exact) mass is 330 g/mol. The molecule has 0 radical (unpaired) electrons. The van der Waals surface area contributed by atoms with Gasteiger partial charge in [0, 0.05) is 31.5 Å². The molecule has 2 aromatic rings. The molecule has 1 aromatic carbocycles. The van der Waals surface area contributed by atoms with Gasteiger partial charge in [-0.2, -0.15) is 0 Å². The molecule has 1 aliphatic carbocycles. The van der Waals surface area contributed by atoms with Crippen molar-refractivity contribution in [2.75, 3.05) is 13.0 Å². The van der Waals surface area contributed by atoms with Crippen molar-refractivity contribution >= 4 is 34.2 Å². The van der Waals surface area contributed by atoms with E-state index in [1.807, 2.05) is 0 Å². The number of hydrogen-bond acceptors (Lipinski definition) is 2. The van der Waals surface area contributed by atoms with Gasteiger partial charge in [-0.1, -0.05) is 11.6 Å². The van der Waals surface area contributed by atoms with Crippen LogP contribution in [-0.2, 0) is 11.2 Å². The quantitative estimate of drug-likeness (QED) is 0.779. The van der Waals surface area contributed by atoms with Crippen LogP contribution in [-0.4, -0.2) is 28.6 Å². The number of aromatic nitrogens is 2. The van der Waals surface area contributed by atoms with Crippen molar-refractivity contribution in [2.24, 2.45) is 0 Å². The number of rotatable bonds is 4. The molecule has 1 fully saturated rings. The van der Waals surface area contributed by atoms with Gasteiger partial charge in [-0.25, -0.2) is 9.37 Å². The van der Waals surface area contributed by atoms with Gasteiger partial charge in [0.2, 0.25) is 0 Å². The van der Waals surface area contributed by atoms with Crippen molar-refractivity contribution in [1.29, 1.82) is 0 Å².